The Morgan fingerprint density at radius 1 is 0.408 bits per heavy atom. The lowest BCUT2D eigenvalue weighted by atomic mass is 10.1. The smallest absolute Gasteiger partial charge is 0.165 e. The van der Waals surface area contributed by atoms with Crippen LogP contribution in [0.2, 0.25) is 0 Å². The lowest BCUT2D eigenvalue weighted by Gasteiger charge is -2.12. The summed E-state index contributed by atoms with van der Waals surface area (Å²) in [5.74, 6) is 0.909. The normalized spacial score (nSPS) is 11.7. The van der Waals surface area contributed by atoms with Gasteiger partial charge in [-0.2, -0.15) is 0 Å². The van der Waals surface area contributed by atoms with Gasteiger partial charge in [-0.05, 0) is 66.7 Å². The lowest BCUT2D eigenvalue weighted by Crippen LogP contribution is -1.98. The molecule has 0 radical (unpaired) electrons. The summed E-state index contributed by atoms with van der Waals surface area (Å²) in [4.78, 5) is 10.1. The summed E-state index contributed by atoms with van der Waals surface area (Å²) in [5, 5.41) is 3.57. The van der Waals surface area contributed by atoms with Crippen LogP contribution in [0.25, 0.3) is 83.6 Å². The second kappa shape index (κ2) is 10.9. The van der Waals surface area contributed by atoms with Crippen molar-refractivity contribution in [1.82, 2.24) is 23.7 Å². The highest BCUT2D eigenvalue weighted by atomic mass is 15.2. The Bertz CT molecular complexity index is 2790. The lowest BCUT2D eigenvalue weighted by molar-refractivity contribution is 1.10. The number of benzene rings is 6. The van der Waals surface area contributed by atoms with Crippen LogP contribution in [-0.2, 0) is 0 Å². The Balaban J connectivity index is 1.39. The summed E-state index contributed by atoms with van der Waals surface area (Å²) in [6.45, 7) is 0. The number of rotatable bonds is 5. The summed E-state index contributed by atoms with van der Waals surface area (Å²) in [6.07, 6.45) is 1.85. The highest BCUT2D eigenvalue weighted by molar-refractivity contribution is 6.28. The van der Waals surface area contributed by atoms with Gasteiger partial charge in [0.2, 0.25) is 0 Å². The third-order valence-corrected chi connectivity index (χ3v) is 9.49. The van der Waals surface area contributed by atoms with Crippen LogP contribution in [0.5, 0.6) is 0 Å². The summed E-state index contributed by atoms with van der Waals surface area (Å²) < 4.78 is 7.06. The average Bonchev–Trinajstić information content (AvgIpc) is 3.83. The van der Waals surface area contributed by atoms with E-state index in [2.05, 4.69) is 176 Å². The number of hydrogen-bond donors (Lipinski definition) is 0. The van der Waals surface area contributed by atoms with Gasteiger partial charge in [0.15, 0.2) is 5.65 Å². The number of para-hydroxylation sites is 3. The van der Waals surface area contributed by atoms with Crippen molar-refractivity contribution in [3.63, 3.8) is 0 Å². The van der Waals surface area contributed by atoms with Crippen LogP contribution < -0.4 is 0 Å². The molecule has 0 saturated heterocycles. The molecular weight excluding hydrogens is 599 g/mol. The topological polar surface area (TPSA) is 40.6 Å². The van der Waals surface area contributed by atoms with Crippen molar-refractivity contribution in [2.75, 3.05) is 0 Å². The molecule has 0 aliphatic heterocycles. The molecule has 0 N–H and O–H groups in total. The second-order valence-corrected chi connectivity index (χ2v) is 12.3. The average molecular weight is 628 g/mol. The van der Waals surface area contributed by atoms with Crippen molar-refractivity contribution in [2.45, 2.75) is 0 Å². The highest BCUT2D eigenvalue weighted by Gasteiger charge is 2.26. The van der Waals surface area contributed by atoms with Crippen molar-refractivity contribution < 1.29 is 0 Å². The van der Waals surface area contributed by atoms with Gasteiger partial charge in [0.25, 0.3) is 0 Å². The number of pyridine rings is 1. The molecule has 0 amide bonds. The monoisotopic (exact) mass is 627 g/mol. The molecule has 0 spiro atoms. The van der Waals surface area contributed by atoms with Crippen molar-refractivity contribution in [1.29, 1.82) is 0 Å². The predicted octanol–water partition coefficient (Wildman–Crippen LogP) is 10.8. The first kappa shape index (κ1) is 27.4. The van der Waals surface area contributed by atoms with E-state index in [1.54, 1.807) is 0 Å². The Morgan fingerprint density at radius 3 is 1.76 bits per heavy atom. The van der Waals surface area contributed by atoms with E-state index in [0.717, 1.165) is 67.4 Å². The SMILES string of the molecule is c1ccc(-c2nc3c(c4c5c6ccccc6n(-c6cccc(-c7ccccn7)c6)c5ccc4n3-c3ccccc3)n2-c2ccccc2)cc1. The molecule has 10 rings (SSSR count). The van der Waals surface area contributed by atoms with Gasteiger partial charge in [-0.25, -0.2) is 4.98 Å². The maximum absolute atomic E-state index is 5.48. The molecule has 4 heterocycles. The van der Waals surface area contributed by atoms with Gasteiger partial charge >= 0.3 is 0 Å². The zero-order valence-electron chi connectivity index (χ0n) is 26.5. The molecule has 10 aromatic rings. The number of fused-ring (bicyclic) bond motifs is 7. The summed E-state index contributed by atoms with van der Waals surface area (Å²) in [5.41, 5.74) is 11.7. The van der Waals surface area contributed by atoms with E-state index >= 15 is 0 Å². The first-order valence-corrected chi connectivity index (χ1v) is 16.5. The van der Waals surface area contributed by atoms with Crippen molar-refractivity contribution in [2.24, 2.45) is 0 Å². The second-order valence-electron chi connectivity index (χ2n) is 12.3. The minimum Gasteiger partial charge on any atom is -0.309 e. The maximum Gasteiger partial charge on any atom is 0.165 e. The molecule has 0 unspecified atom stereocenters. The van der Waals surface area contributed by atoms with E-state index in [4.69, 9.17) is 4.98 Å². The van der Waals surface area contributed by atoms with E-state index in [1.165, 1.54) is 16.2 Å². The molecule has 230 valence electrons. The zero-order chi connectivity index (χ0) is 32.3. The van der Waals surface area contributed by atoms with Crippen LogP contribution in [0.3, 0.4) is 0 Å². The standard InChI is InChI=1S/C44H29N5/c1-4-15-30(16-5-1)43-46-44-42(49(43)33-20-8-3-9-21-33)41-39(48(44)32-18-6-2-7-19-32)27-26-38-40(41)35-23-10-11-25-37(35)47(38)34-22-14-17-31(29-34)36-24-12-13-28-45-36/h1-29H. The first-order chi connectivity index (χ1) is 24.3. The molecule has 0 atom stereocenters. The van der Waals surface area contributed by atoms with Crippen molar-refractivity contribution in [3.8, 4) is 39.7 Å². The highest BCUT2D eigenvalue weighted by Crippen LogP contribution is 2.44. The molecule has 0 fully saturated rings. The fourth-order valence-electron chi connectivity index (χ4n) is 7.44. The van der Waals surface area contributed by atoms with Gasteiger partial charge in [-0.1, -0.05) is 103 Å². The number of imidazole rings is 1. The molecule has 5 nitrogen and oxygen atoms in total. The van der Waals surface area contributed by atoms with Crippen molar-refractivity contribution >= 4 is 43.9 Å². The van der Waals surface area contributed by atoms with Gasteiger partial charge < -0.3 is 4.57 Å². The quantitative estimate of drug-likeness (QED) is 0.190. The molecule has 4 aromatic heterocycles. The summed E-state index contributed by atoms with van der Waals surface area (Å²) in [6, 6.07) is 59.7. The summed E-state index contributed by atoms with van der Waals surface area (Å²) >= 11 is 0. The Morgan fingerprint density at radius 2 is 1.02 bits per heavy atom. The molecule has 49 heavy (non-hydrogen) atoms. The van der Waals surface area contributed by atoms with Gasteiger partial charge in [0.1, 0.15) is 11.3 Å². The van der Waals surface area contributed by atoms with E-state index in [0.29, 0.717) is 0 Å². The molecule has 0 saturated carbocycles. The maximum atomic E-state index is 5.48. The Labute approximate surface area is 282 Å². The molecule has 5 heteroatoms. The molecule has 0 aliphatic rings. The van der Waals surface area contributed by atoms with Crippen LogP contribution in [0.1, 0.15) is 0 Å². The van der Waals surface area contributed by atoms with Gasteiger partial charge in [-0.15, -0.1) is 0 Å². The van der Waals surface area contributed by atoms with Crippen LogP contribution in [0.15, 0.2) is 176 Å². The van der Waals surface area contributed by atoms with Gasteiger partial charge in [-0.3, -0.25) is 14.1 Å². The Hall–Kier alpha value is -6.72. The number of nitrogens with zero attached hydrogens (tertiary/aromatic N) is 5. The predicted molar refractivity (Wildman–Crippen MR) is 201 cm³/mol. The van der Waals surface area contributed by atoms with Crippen LogP contribution in [-0.4, -0.2) is 23.7 Å². The molecule has 0 aliphatic carbocycles. The molecule has 6 aromatic carbocycles. The fourth-order valence-corrected chi connectivity index (χ4v) is 7.44. The third-order valence-electron chi connectivity index (χ3n) is 9.49. The summed E-state index contributed by atoms with van der Waals surface area (Å²) in [7, 11) is 0. The number of hydrogen-bond acceptors (Lipinski definition) is 2. The van der Waals surface area contributed by atoms with Gasteiger partial charge in [0, 0.05) is 50.5 Å². The third kappa shape index (κ3) is 4.19. The molecule has 0 bridgehead atoms. The van der Waals surface area contributed by atoms with E-state index in [9.17, 15) is 0 Å². The minimum absolute atomic E-state index is 0.909. The van der Waals surface area contributed by atoms with Crippen LogP contribution >= 0.6 is 0 Å². The van der Waals surface area contributed by atoms with Gasteiger partial charge in [0.05, 0.1) is 22.2 Å². The van der Waals surface area contributed by atoms with E-state index in [-0.39, 0.29) is 0 Å². The van der Waals surface area contributed by atoms with E-state index in [1.807, 2.05) is 18.3 Å². The van der Waals surface area contributed by atoms with Crippen molar-refractivity contribution in [3.05, 3.63) is 176 Å². The minimum atomic E-state index is 0.909. The first-order valence-electron chi connectivity index (χ1n) is 16.5. The number of aromatic nitrogens is 5. The fraction of sp³-hybridized carbons (Fsp3) is 0. The van der Waals surface area contributed by atoms with Crippen LogP contribution in [0, 0.1) is 0 Å². The van der Waals surface area contributed by atoms with Crippen LogP contribution in [0.4, 0.5) is 0 Å². The zero-order valence-corrected chi connectivity index (χ0v) is 26.5. The Kier molecular flexibility index (Phi) is 6.11. The van der Waals surface area contributed by atoms with E-state index < -0.39 is 0 Å². The molecular formula is C44H29N5. The largest absolute Gasteiger partial charge is 0.309 e.